The summed E-state index contributed by atoms with van der Waals surface area (Å²) in [5.41, 5.74) is 2.04. The first-order valence-electron chi connectivity index (χ1n) is 8.13. The molecule has 0 unspecified atom stereocenters. The summed E-state index contributed by atoms with van der Waals surface area (Å²) in [6.07, 6.45) is 3.01. The van der Waals surface area contributed by atoms with Gasteiger partial charge in [-0.05, 0) is 31.6 Å². The Morgan fingerprint density at radius 3 is 2.96 bits per heavy atom. The van der Waals surface area contributed by atoms with Gasteiger partial charge >= 0.3 is 0 Å². The van der Waals surface area contributed by atoms with E-state index in [9.17, 15) is 0 Å². The van der Waals surface area contributed by atoms with Gasteiger partial charge in [-0.3, -0.25) is 4.90 Å². The van der Waals surface area contributed by atoms with Crippen LogP contribution in [-0.2, 0) is 6.54 Å². The van der Waals surface area contributed by atoms with Crippen LogP contribution in [0.2, 0.25) is 0 Å². The summed E-state index contributed by atoms with van der Waals surface area (Å²) < 4.78 is 13.1. The van der Waals surface area contributed by atoms with Gasteiger partial charge in [0.1, 0.15) is 13.2 Å². The molecule has 0 atom stereocenters. The first-order valence-corrected chi connectivity index (χ1v) is 8.13. The van der Waals surface area contributed by atoms with Crippen molar-refractivity contribution in [1.29, 1.82) is 0 Å². The number of hydrogen-bond acceptors (Lipinski definition) is 6. The van der Waals surface area contributed by atoms with Gasteiger partial charge in [-0.25, -0.2) is 4.68 Å². The van der Waals surface area contributed by atoms with E-state index < -0.39 is 0 Å². The monoisotopic (exact) mass is 315 g/mol. The molecule has 0 saturated carbocycles. The van der Waals surface area contributed by atoms with Crippen LogP contribution in [0.15, 0.2) is 24.4 Å². The summed E-state index contributed by atoms with van der Waals surface area (Å²) in [4.78, 5) is 2.44. The number of benzene rings is 1. The third-order valence-corrected chi connectivity index (χ3v) is 4.21. The normalized spacial score (nSPS) is 18.6. The maximum atomic E-state index is 5.66. The number of nitrogens with one attached hydrogen (secondary N) is 1. The fraction of sp³-hybridized carbons (Fsp3) is 0.500. The fourth-order valence-corrected chi connectivity index (χ4v) is 3.03. The Balaban J connectivity index is 1.56. The molecule has 1 saturated heterocycles. The molecule has 2 aliphatic rings. The topological polar surface area (TPSA) is 64.4 Å². The molecule has 4 rings (SSSR count). The Hall–Kier alpha value is -2.12. The Kier molecular flexibility index (Phi) is 4.12. The van der Waals surface area contributed by atoms with Gasteiger partial charge in [-0.2, -0.15) is 0 Å². The van der Waals surface area contributed by atoms with Crippen LogP contribution in [0.1, 0.15) is 12.1 Å². The molecule has 1 N–H and O–H groups in total. The van der Waals surface area contributed by atoms with Crippen LogP contribution in [0.25, 0.3) is 5.69 Å². The van der Waals surface area contributed by atoms with Gasteiger partial charge in [0.2, 0.25) is 0 Å². The highest BCUT2D eigenvalue weighted by Gasteiger charge is 2.16. The molecular weight excluding hydrogens is 294 g/mol. The van der Waals surface area contributed by atoms with Gasteiger partial charge < -0.3 is 14.8 Å². The number of fused-ring (bicyclic) bond motifs is 1. The molecular formula is C16H21N5O2. The second kappa shape index (κ2) is 6.55. The predicted octanol–water partition coefficient (Wildman–Crippen LogP) is 0.834. The van der Waals surface area contributed by atoms with Crippen molar-refractivity contribution in [1.82, 2.24) is 25.2 Å². The second-order valence-electron chi connectivity index (χ2n) is 5.84. The molecule has 0 radical (unpaired) electrons. The first kappa shape index (κ1) is 14.5. The van der Waals surface area contributed by atoms with Crippen molar-refractivity contribution in [2.75, 3.05) is 39.4 Å². The van der Waals surface area contributed by atoms with E-state index in [0.29, 0.717) is 13.2 Å². The zero-order valence-corrected chi connectivity index (χ0v) is 13.1. The Morgan fingerprint density at radius 2 is 2.00 bits per heavy atom. The van der Waals surface area contributed by atoms with Gasteiger partial charge in [0, 0.05) is 25.7 Å². The van der Waals surface area contributed by atoms with Crippen molar-refractivity contribution >= 4 is 0 Å². The summed E-state index contributed by atoms with van der Waals surface area (Å²) in [7, 11) is 0. The van der Waals surface area contributed by atoms with Gasteiger partial charge in [-0.15, -0.1) is 5.10 Å². The van der Waals surface area contributed by atoms with Crippen LogP contribution in [0.5, 0.6) is 11.5 Å². The molecule has 1 aromatic heterocycles. The third kappa shape index (κ3) is 3.16. The molecule has 0 amide bonds. The van der Waals surface area contributed by atoms with Crippen molar-refractivity contribution in [2.45, 2.75) is 13.0 Å². The van der Waals surface area contributed by atoms with E-state index in [1.165, 1.54) is 6.42 Å². The summed E-state index contributed by atoms with van der Waals surface area (Å²) in [6.45, 7) is 6.31. The molecule has 0 bridgehead atoms. The van der Waals surface area contributed by atoms with Gasteiger partial charge in [0.25, 0.3) is 0 Å². The maximum Gasteiger partial charge on any atom is 0.163 e. The number of hydrogen-bond donors (Lipinski definition) is 1. The van der Waals surface area contributed by atoms with E-state index in [1.807, 2.05) is 29.1 Å². The number of rotatable bonds is 3. The molecule has 0 aliphatic carbocycles. The standard InChI is InChI=1S/C16H21N5O2/c1-4-17-5-7-20(6-1)12-14-11-18-19-21(14)13-2-3-15-16(10-13)23-9-8-22-15/h2-3,10-11,17H,1,4-9,12H2. The third-order valence-electron chi connectivity index (χ3n) is 4.21. The molecule has 7 heteroatoms. The van der Waals surface area contributed by atoms with Gasteiger partial charge in [0.05, 0.1) is 17.6 Å². The minimum absolute atomic E-state index is 0.585. The lowest BCUT2D eigenvalue weighted by Gasteiger charge is -2.21. The average molecular weight is 315 g/mol. The van der Waals surface area contributed by atoms with Crippen molar-refractivity contribution in [3.05, 3.63) is 30.1 Å². The second-order valence-corrected chi connectivity index (χ2v) is 5.84. The van der Waals surface area contributed by atoms with E-state index in [-0.39, 0.29) is 0 Å². The zero-order valence-electron chi connectivity index (χ0n) is 13.1. The van der Waals surface area contributed by atoms with Gasteiger partial charge in [-0.1, -0.05) is 5.21 Å². The van der Waals surface area contributed by atoms with Crippen molar-refractivity contribution in [3.63, 3.8) is 0 Å². The molecule has 2 aliphatic heterocycles. The average Bonchev–Trinajstić information content (AvgIpc) is 2.89. The highest BCUT2D eigenvalue weighted by Crippen LogP contribution is 2.32. The molecule has 0 spiro atoms. The van der Waals surface area contributed by atoms with E-state index in [2.05, 4.69) is 20.5 Å². The highest BCUT2D eigenvalue weighted by molar-refractivity contribution is 5.49. The lowest BCUT2D eigenvalue weighted by atomic mass is 10.2. The lowest BCUT2D eigenvalue weighted by Crippen LogP contribution is -2.28. The Labute approximate surface area is 135 Å². The Bertz CT molecular complexity index is 664. The van der Waals surface area contributed by atoms with Crippen LogP contribution >= 0.6 is 0 Å². The maximum absolute atomic E-state index is 5.66. The first-order chi connectivity index (χ1) is 11.4. The van der Waals surface area contributed by atoms with Crippen molar-refractivity contribution in [2.24, 2.45) is 0 Å². The van der Waals surface area contributed by atoms with Crippen LogP contribution in [0.4, 0.5) is 0 Å². The molecule has 3 heterocycles. The predicted molar refractivity (Wildman–Crippen MR) is 85.1 cm³/mol. The number of nitrogens with zero attached hydrogens (tertiary/aromatic N) is 4. The SMILES string of the molecule is c1cc2c(cc1-n1nncc1CN1CCCNCC1)OCCO2. The van der Waals surface area contributed by atoms with E-state index in [1.54, 1.807) is 0 Å². The summed E-state index contributed by atoms with van der Waals surface area (Å²) in [5, 5.41) is 11.8. The van der Waals surface area contributed by atoms with Crippen LogP contribution in [0.3, 0.4) is 0 Å². The minimum Gasteiger partial charge on any atom is -0.486 e. The summed E-state index contributed by atoms with van der Waals surface area (Å²) in [5.74, 6) is 1.56. The van der Waals surface area contributed by atoms with E-state index in [0.717, 1.165) is 55.6 Å². The van der Waals surface area contributed by atoms with Crippen LogP contribution < -0.4 is 14.8 Å². The Morgan fingerprint density at radius 1 is 1.09 bits per heavy atom. The van der Waals surface area contributed by atoms with Crippen molar-refractivity contribution in [3.8, 4) is 17.2 Å². The van der Waals surface area contributed by atoms with E-state index >= 15 is 0 Å². The zero-order chi connectivity index (χ0) is 15.5. The quantitative estimate of drug-likeness (QED) is 0.905. The smallest absolute Gasteiger partial charge is 0.163 e. The largest absolute Gasteiger partial charge is 0.486 e. The molecule has 23 heavy (non-hydrogen) atoms. The van der Waals surface area contributed by atoms with Crippen molar-refractivity contribution < 1.29 is 9.47 Å². The van der Waals surface area contributed by atoms with Crippen LogP contribution in [0, 0.1) is 0 Å². The molecule has 2 aromatic rings. The highest BCUT2D eigenvalue weighted by atomic mass is 16.6. The van der Waals surface area contributed by atoms with E-state index in [4.69, 9.17) is 9.47 Å². The number of ether oxygens (including phenoxy) is 2. The summed E-state index contributed by atoms with van der Waals surface area (Å²) >= 11 is 0. The molecule has 122 valence electrons. The van der Waals surface area contributed by atoms with Crippen LogP contribution in [-0.4, -0.2) is 59.3 Å². The van der Waals surface area contributed by atoms with Gasteiger partial charge in [0.15, 0.2) is 11.5 Å². The lowest BCUT2D eigenvalue weighted by molar-refractivity contribution is 0.171. The summed E-state index contributed by atoms with van der Waals surface area (Å²) in [6, 6.07) is 5.90. The molecule has 7 nitrogen and oxygen atoms in total. The molecule has 1 fully saturated rings. The minimum atomic E-state index is 0.585. The molecule has 1 aromatic carbocycles. The fourth-order valence-electron chi connectivity index (χ4n) is 3.03. The number of aromatic nitrogens is 3.